The molecule has 9 heteroatoms. The molecule has 7 nitrogen and oxygen atoms in total. The number of benzene rings is 3. The Morgan fingerprint density at radius 3 is 2.61 bits per heavy atom. The second kappa shape index (κ2) is 8.96. The van der Waals surface area contributed by atoms with Crippen LogP contribution < -0.4 is 14.8 Å². The van der Waals surface area contributed by atoms with Gasteiger partial charge in [-0.25, -0.2) is 17.5 Å². The van der Waals surface area contributed by atoms with Crippen LogP contribution in [0.1, 0.15) is 24.2 Å². The number of anilines is 1. The molecule has 1 atom stereocenters. The molecule has 0 radical (unpaired) electrons. The molecule has 33 heavy (non-hydrogen) atoms. The Kier molecular flexibility index (Phi) is 6.23. The topological polar surface area (TPSA) is 84.9 Å². The van der Waals surface area contributed by atoms with Crippen LogP contribution in [0.4, 0.5) is 10.5 Å². The van der Waals surface area contributed by atoms with Crippen LogP contribution >= 0.6 is 11.6 Å². The van der Waals surface area contributed by atoms with Crippen molar-refractivity contribution in [3.8, 4) is 22.6 Å². The standard InChI is InChI=1S/C24H23ClN2O5S/c1-4-33(29,30)27(2)24(28)26-17-11-12-18-19(14-17)23(15-7-5-8-16(25)13-15)32-21-10-6-9-20(31-3)22(18)21/h5-14,23H,4H2,1-3H3,(H,26,28). The van der Waals surface area contributed by atoms with Crippen molar-refractivity contribution < 1.29 is 22.7 Å². The average molecular weight is 487 g/mol. The number of nitrogens with one attached hydrogen (secondary N) is 1. The van der Waals surface area contributed by atoms with Gasteiger partial charge in [-0.05, 0) is 54.4 Å². The van der Waals surface area contributed by atoms with E-state index in [1.54, 1.807) is 25.3 Å². The van der Waals surface area contributed by atoms with Crippen LogP contribution in [0.5, 0.6) is 11.5 Å². The summed E-state index contributed by atoms with van der Waals surface area (Å²) in [6.45, 7) is 1.48. The second-order valence-corrected chi connectivity index (χ2v) is 10.2. The van der Waals surface area contributed by atoms with Crippen molar-refractivity contribution in [2.75, 3.05) is 25.2 Å². The summed E-state index contributed by atoms with van der Waals surface area (Å²) in [5.41, 5.74) is 3.74. The van der Waals surface area contributed by atoms with Gasteiger partial charge in [0.15, 0.2) is 0 Å². The van der Waals surface area contributed by atoms with Crippen LogP contribution in [0, 0.1) is 0 Å². The van der Waals surface area contributed by atoms with Gasteiger partial charge in [0.2, 0.25) is 10.0 Å². The van der Waals surface area contributed by atoms with Crippen molar-refractivity contribution in [2.45, 2.75) is 13.0 Å². The zero-order valence-electron chi connectivity index (χ0n) is 18.3. The predicted molar refractivity (Wildman–Crippen MR) is 129 cm³/mol. The van der Waals surface area contributed by atoms with Crippen LogP contribution in [0.2, 0.25) is 5.02 Å². The fraction of sp³-hybridized carbons (Fsp3) is 0.208. The summed E-state index contributed by atoms with van der Waals surface area (Å²) >= 11 is 6.24. The zero-order chi connectivity index (χ0) is 23.8. The van der Waals surface area contributed by atoms with Crippen molar-refractivity contribution in [3.63, 3.8) is 0 Å². The molecule has 0 saturated heterocycles. The van der Waals surface area contributed by atoms with Crippen molar-refractivity contribution in [1.29, 1.82) is 0 Å². The van der Waals surface area contributed by atoms with Crippen LogP contribution in [-0.2, 0) is 10.0 Å². The Labute approximate surface area is 197 Å². The molecular formula is C24H23ClN2O5S. The molecule has 1 N–H and O–H groups in total. The van der Waals surface area contributed by atoms with Gasteiger partial charge in [0.25, 0.3) is 0 Å². The SMILES string of the molecule is CCS(=O)(=O)N(C)C(=O)Nc1ccc2c(c1)C(c1cccc(Cl)c1)Oc1cccc(OC)c1-2. The maximum Gasteiger partial charge on any atom is 0.335 e. The van der Waals surface area contributed by atoms with Gasteiger partial charge in [-0.2, -0.15) is 0 Å². The highest BCUT2D eigenvalue weighted by atomic mass is 35.5. The molecule has 0 aliphatic carbocycles. The summed E-state index contributed by atoms with van der Waals surface area (Å²) in [5, 5.41) is 3.24. The third-order valence-corrected chi connectivity index (χ3v) is 7.49. The average Bonchev–Trinajstić information content (AvgIpc) is 2.82. The number of amides is 2. The Morgan fingerprint density at radius 1 is 1.15 bits per heavy atom. The zero-order valence-corrected chi connectivity index (χ0v) is 19.9. The molecule has 0 saturated carbocycles. The van der Waals surface area contributed by atoms with E-state index in [0.29, 0.717) is 26.5 Å². The number of ether oxygens (including phenoxy) is 2. The molecule has 4 rings (SSSR count). The molecule has 0 fully saturated rings. The molecule has 1 aliphatic heterocycles. The lowest BCUT2D eigenvalue weighted by Gasteiger charge is -2.30. The number of halogens is 1. The first-order valence-corrected chi connectivity index (χ1v) is 12.2. The van der Waals surface area contributed by atoms with Gasteiger partial charge in [0.05, 0.1) is 18.4 Å². The third-order valence-electron chi connectivity index (χ3n) is 5.53. The molecule has 172 valence electrons. The number of hydrogen-bond acceptors (Lipinski definition) is 5. The Hall–Kier alpha value is -3.23. The monoisotopic (exact) mass is 486 g/mol. The number of urea groups is 1. The van der Waals surface area contributed by atoms with Gasteiger partial charge >= 0.3 is 6.03 Å². The van der Waals surface area contributed by atoms with E-state index in [2.05, 4.69) is 5.32 Å². The molecule has 1 heterocycles. The minimum absolute atomic E-state index is 0.178. The number of sulfonamides is 1. The summed E-state index contributed by atoms with van der Waals surface area (Å²) in [4.78, 5) is 12.5. The lowest BCUT2D eigenvalue weighted by Crippen LogP contribution is -2.37. The Morgan fingerprint density at radius 2 is 1.91 bits per heavy atom. The smallest absolute Gasteiger partial charge is 0.335 e. The van der Waals surface area contributed by atoms with Crippen molar-refractivity contribution >= 4 is 33.3 Å². The predicted octanol–water partition coefficient (Wildman–Crippen LogP) is 5.31. The minimum atomic E-state index is -3.68. The lowest BCUT2D eigenvalue weighted by atomic mass is 9.88. The van der Waals surface area contributed by atoms with Crippen LogP contribution in [0.25, 0.3) is 11.1 Å². The number of rotatable bonds is 5. The molecule has 0 aromatic heterocycles. The Bertz CT molecular complexity index is 1330. The van der Waals surface area contributed by atoms with E-state index in [1.165, 1.54) is 14.0 Å². The number of hydrogen-bond donors (Lipinski definition) is 1. The molecule has 3 aromatic carbocycles. The second-order valence-electron chi connectivity index (χ2n) is 7.49. The molecule has 2 amide bonds. The molecule has 1 aliphatic rings. The molecule has 0 spiro atoms. The van der Waals surface area contributed by atoms with E-state index in [-0.39, 0.29) is 5.75 Å². The summed E-state index contributed by atoms with van der Waals surface area (Å²) in [6.07, 6.45) is -0.493. The van der Waals surface area contributed by atoms with Gasteiger partial charge < -0.3 is 14.8 Å². The lowest BCUT2D eigenvalue weighted by molar-refractivity contribution is 0.240. The number of nitrogens with zero attached hydrogens (tertiary/aromatic N) is 1. The highest BCUT2D eigenvalue weighted by Crippen LogP contribution is 2.49. The maximum atomic E-state index is 12.5. The highest BCUT2D eigenvalue weighted by molar-refractivity contribution is 7.89. The largest absolute Gasteiger partial charge is 0.496 e. The molecule has 0 bridgehead atoms. The van der Waals surface area contributed by atoms with Gasteiger partial charge in [-0.3, -0.25) is 0 Å². The number of carbonyl (C=O) groups is 1. The minimum Gasteiger partial charge on any atom is -0.496 e. The molecule has 3 aromatic rings. The summed E-state index contributed by atoms with van der Waals surface area (Å²) in [7, 11) is -0.855. The Balaban J connectivity index is 1.81. The maximum absolute atomic E-state index is 12.5. The highest BCUT2D eigenvalue weighted by Gasteiger charge is 2.30. The van der Waals surface area contributed by atoms with E-state index in [1.807, 2.05) is 42.5 Å². The third kappa shape index (κ3) is 4.36. The van der Waals surface area contributed by atoms with Gasteiger partial charge in [-0.15, -0.1) is 0 Å². The van der Waals surface area contributed by atoms with Crippen molar-refractivity contribution in [3.05, 3.63) is 76.8 Å². The fourth-order valence-electron chi connectivity index (χ4n) is 3.76. The quantitative estimate of drug-likeness (QED) is 0.528. The van der Waals surface area contributed by atoms with Gasteiger partial charge in [0, 0.05) is 23.3 Å². The molecular weight excluding hydrogens is 464 g/mol. The summed E-state index contributed by atoms with van der Waals surface area (Å²) in [6, 6.07) is 17.6. The van der Waals surface area contributed by atoms with E-state index in [4.69, 9.17) is 21.1 Å². The number of methoxy groups -OCH3 is 1. The number of fused-ring (bicyclic) bond motifs is 3. The van der Waals surface area contributed by atoms with Crippen LogP contribution in [-0.4, -0.2) is 38.7 Å². The van der Waals surface area contributed by atoms with E-state index in [0.717, 1.165) is 22.3 Å². The first kappa shape index (κ1) is 22.9. The number of carbonyl (C=O) groups excluding carboxylic acids is 1. The fourth-order valence-corrected chi connectivity index (χ4v) is 4.64. The molecule has 1 unspecified atom stereocenters. The first-order chi connectivity index (χ1) is 15.7. The van der Waals surface area contributed by atoms with E-state index >= 15 is 0 Å². The summed E-state index contributed by atoms with van der Waals surface area (Å²) in [5.74, 6) is 1.14. The van der Waals surface area contributed by atoms with Crippen LogP contribution in [0.3, 0.4) is 0 Å². The first-order valence-electron chi connectivity index (χ1n) is 10.3. The van der Waals surface area contributed by atoms with Crippen LogP contribution in [0.15, 0.2) is 60.7 Å². The normalized spacial score (nSPS) is 14.5. The summed E-state index contributed by atoms with van der Waals surface area (Å²) < 4.78 is 36.7. The van der Waals surface area contributed by atoms with E-state index < -0.39 is 22.2 Å². The van der Waals surface area contributed by atoms with E-state index in [9.17, 15) is 13.2 Å². The van der Waals surface area contributed by atoms with Crippen molar-refractivity contribution in [1.82, 2.24) is 4.31 Å². The van der Waals surface area contributed by atoms with Gasteiger partial charge in [0.1, 0.15) is 17.6 Å². The van der Waals surface area contributed by atoms with Crippen molar-refractivity contribution in [2.24, 2.45) is 0 Å². The van der Waals surface area contributed by atoms with Gasteiger partial charge in [-0.1, -0.05) is 35.9 Å².